The molecule has 0 radical (unpaired) electrons. The van der Waals surface area contributed by atoms with Crippen LogP contribution >= 0.6 is 0 Å². The van der Waals surface area contributed by atoms with Crippen LogP contribution in [0.5, 0.6) is 17.2 Å². The molecule has 12 nitrogen and oxygen atoms in total. The number of methoxy groups -OCH3 is 1. The number of aliphatic imine (C=N–C) groups is 2. The van der Waals surface area contributed by atoms with Gasteiger partial charge in [0.2, 0.25) is 0 Å². The van der Waals surface area contributed by atoms with Gasteiger partial charge in [0.15, 0.2) is 11.5 Å². The van der Waals surface area contributed by atoms with Gasteiger partial charge in [-0.25, -0.2) is 0 Å². The molecule has 0 saturated carbocycles. The average molecular weight is 720 g/mol. The third-order valence-electron chi connectivity index (χ3n) is 10.3. The molecule has 0 aromatic heterocycles. The fraction of sp³-hybridized carbons (Fsp3) is 0.190. The molecule has 0 N–H and O–H groups in total. The number of carbonyl (C=O) groups excluding carboxylic acids is 2. The monoisotopic (exact) mass is 719 g/mol. The molecule has 4 aliphatic rings. The van der Waals surface area contributed by atoms with E-state index in [1.165, 1.54) is 19.2 Å². The lowest BCUT2D eigenvalue weighted by Gasteiger charge is -2.22. The van der Waals surface area contributed by atoms with E-state index in [0.29, 0.717) is 63.7 Å². The zero-order valence-corrected chi connectivity index (χ0v) is 29.4. The topological polar surface area (TPSA) is 136 Å². The van der Waals surface area contributed by atoms with Crippen LogP contribution in [0.15, 0.2) is 101 Å². The van der Waals surface area contributed by atoms with Crippen LogP contribution in [0.2, 0.25) is 0 Å². The number of para-hydroxylation sites is 2. The molecule has 268 valence electrons. The van der Waals surface area contributed by atoms with E-state index in [-0.39, 0.29) is 42.8 Å². The Morgan fingerprint density at radius 3 is 1.78 bits per heavy atom. The van der Waals surface area contributed by atoms with E-state index in [4.69, 9.17) is 14.2 Å². The number of nitrogens with zero attached hydrogens (tertiary/aromatic N) is 5. The minimum atomic E-state index is -0.459. The molecular formula is C42H33N5O7. The maximum Gasteiger partial charge on any atom is 0.270 e. The molecule has 54 heavy (non-hydrogen) atoms. The molecule has 0 saturated heterocycles. The lowest BCUT2D eigenvalue weighted by atomic mass is 10.1. The second-order valence-corrected chi connectivity index (χ2v) is 13.7. The lowest BCUT2D eigenvalue weighted by Crippen LogP contribution is -2.37. The van der Waals surface area contributed by atoms with E-state index in [0.717, 1.165) is 28.1 Å². The van der Waals surface area contributed by atoms with Crippen LogP contribution in [0.1, 0.15) is 48.5 Å². The molecule has 0 unspecified atom stereocenters. The number of fused-ring (bicyclic) bond motifs is 8. The first kappa shape index (κ1) is 33.0. The van der Waals surface area contributed by atoms with Gasteiger partial charge in [0.25, 0.3) is 17.5 Å². The Morgan fingerprint density at radius 1 is 0.704 bits per heavy atom. The summed E-state index contributed by atoms with van der Waals surface area (Å²) >= 11 is 0. The number of aryl methyl sites for hydroxylation is 1. The summed E-state index contributed by atoms with van der Waals surface area (Å²) in [7, 11) is 1.49. The Labute approximate surface area is 310 Å². The first-order chi connectivity index (χ1) is 26.2. The maximum absolute atomic E-state index is 13.8. The Bertz CT molecular complexity index is 2480. The molecule has 4 aliphatic heterocycles. The number of carbonyl (C=O) groups is 2. The van der Waals surface area contributed by atoms with E-state index >= 15 is 0 Å². The number of amides is 2. The van der Waals surface area contributed by atoms with Crippen molar-refractivity contribution < 1.29 is 28.7 Å². The Hall–Kier alpha value is -6.82. The molecule has 12 heteroatoms. The van der Waals surface area contributed by atoms with Gasteiger partial charge >= 0.3 is 0 Å². The van der Waals surface area contributed by atoms with Crippen LogP contribution < -0.4 is 24.0 Å². The Morgan fingerprint density at radius 2 is 1.22 bits per heavy atom. The zero-order valence-electron chi connectivity index (χ0n) is 29.4. The SMILES string of the molecule is COc1cc2c(cc1OCc1cc(COc3cc4c(cc3C)C(=O)N3c5ccccc5C[C@H]3C=N4)cc([N+](=O)[O-])c1)N=C[C@@H]1Cc3ccccc3N1C2=O. The van der Waals surface area contributed by atoms with Crippen molar-refractivity contribution in [2.24, 2.45) is 9.98 Å². The van der Waals surface area contributed by atoms with E-state index < -0.39 is 4.92 Å². The Kier molecular flexibility index (Phi) is 7.95. The number of ether oxygens (including phenoxy) is 3. The molecule has 2 atom stereocenters. The lowest BCUT2D eigenvalue weighted by molar-refractivity contribution is -0.385. The third kappa shape index (κ3) is 5.63. The molecule has 0 aliphatic carbocycles. The molecule has 5 aromatic carbocycles. The average Bonchev–Trinajstić information content (AvgIpc) is 3.67. The van der Waals surface area contributed by atoms with Gasteiger partial charge in [-0.3, -0.25) is 39.5 Å². The summed E-state index contributed by atoms with van der Waals surface area (Å²) in [5.41, 5.74) is 7.49. The van der Waals surface area contributed by atoms with Crippen molar-refractivity contribution in [2.75, 3.05) is 16.9 Å². The van der Waals surface area contributed by atoms with Gasteiger partial charge in [-0.05, 0) is 65.1 Å². The van der Waals surface area contributed by atoms with Gasteiger partial charge in [0, 0.05) is 60.9 Å². The van der Waals surface area contributed by atoms with E-state index in [1.54, 1.807) is 52.6 Å². The molecule has 2 amide bonds. The van der Waals surface area contributed by atoms with Crippen molar-refractivity contribution >= 4 is 52.7 Å². The summed E-state index contributed by atoms with van der Waals surface area (Å²) in [5, 5.41) is 12.0. The van der Waals surface area contributed by atoms with Crippen molar-refractivity contribution in [3.63, 3.8) is 0 Å². The predicted octanol–water partition coefficient (Wildman–Crippen LogP) is 7.64. The summed E-state index contributed by atoms with van der Waals surface area (Å²) in [6, 6.07) is 26.9. The summed E-state index contributed by atoms with van der Waals surface area (Å²) < 4.78 is 18.0. The van der Waals surface area contributed by atoms with Crippen LogP contribution in [-0.4, -0.2) is 48.4 Å². The fourth-order valence-corrected chi connectivity index (χ4v) is 7.73. The van der Waals surface area contributed by atoms with E-state index in [2.05, 4.69) is 9.98 Å². The van der Waals surface area contributed by atoms with E-state index in [9.17, 15) is 19.7 Å². The van der Waals surface area contributed by atoms with Crippen LogP contribution in [-0.2, 0) is 26.1 Å². The number of hydrogen-bond donors (Lipinski definition) is 0. The number of hydrogen-bond acceptors (Lipinski definition) is 9. The van der Waals surface area contributed by atoms with Gasteiger partial charge in [0.05, 0.1) is 46.6 Å². The fourth-order valence-electron chi connectivity index (χ4n) is 7.73. The van der Waals surface area contributed by atoms with Crippen molar-refractivity contribution in [1.82, 2.24) is 0 Å². The summed E-state index contributed by atoms with van der Waals surface area (Å²) in [5.74, 6) is 0.888. The van der Waals surface area contributed by atoms with Crippen LogP contribution in [0, 0.1) is 17.0 Å². The third-order valence-corrected chi connectivity index (χ3v) is 10.3. The second kappa shape index (κ2) is 13.0. The minimum Gasteiger partial charge on any atom is -0.493 e. The van der Waals surface area contributed by atoms with Gasteiger partial charge in [0.1, 0.15) is 19.0 Å². The van der Waals surface area contributed by atoms with Gasteiger partial charge in [-0.1, -0.05) is 36.4 Å². The number of nitro benzene ring substituents is 1. The zero-order chi connectivity index (χ0) is 37.1. The summed E-state index contributed by atoms with van der Waals surface area (Å²) in [4.78, 5) is 52.0. The smallest absolute Gasteiger partial charge is 0.270 e. The maximum atomic E-state index is 13.8. The quantitative estimate of drug-likeness (QED) is 0.119. The highest BCUT2D eigenvalue weighted by molar-refractivity contribution is 6.15. The van der Waals surface area contributed by atoms with Crippen LogP contribution in [0.4, 0.5) is 28.4 Å². The minimum absolute atomic E-state index is 0.0217. The van der Waals surface area contributed by atoms with Crippen LogP contribution in [0.3, 0.4) is 0 Å². The Balaban J connectivity index is 0.941. The number of benzene rings is 5. The molecule has 0 spiro atoms. The molecule has 0 bridgehead atoms. The number of anilines is 2. The van der Waals surface area contributed by atoms with Crippen molar-refractivity contribution in [2.45, 2.75) is 45.1 Å². The normalized spacial score (nSPS) is 17.4. The highest BCUT2D eigenvalue weighted by atomic mass is 16.6. The number of rotatable bonds is 8. The predicted molar refractivity (Wildman–Crippen MR) is 204 cm³/mol. The van der Waals surface area contributed by atoms with Gasteiger partial charge in [-0.2, -0.15) is 0 Å². The largest absolute Gasteiger partial charge is 0.493 e. The standard InChI is InChI=1S/C42H33N5O7/c1-24-11-32-34(43-20-30-15-27-7-3-5-9-36(27)45(30)41(32)48)18-38(24)53-22-25-12-26(14-29(13-25)47(50)51)23-54-40-19-35-33(17-39(40)52-2)42(49)46-31(21-44-35)16-28-8-4-6-10-37(28)46/h3-14,17-21,30-31H,15-16,22-23H2,1-2H3/t30-,31-/m0/s1. The van der Waals surface area contributed by atoms with Crippen molar-refractivity contribution in [3.05, 3.63) is 140 Å². The molecule has 5 aromatic rings. The summed E-state index contributed by atoms with van der Waals surface area (Å²) in [6.45, 7) is 1.85. The van der Waals surface area contributed by atoms with Crippen molar-refractivity contribution in [1.29, 1.82) is 0 Å². The first-order valence-electron chi connectivity index (χ1n) is 17.6. The molecular weight excluding hydrogens is 686 g/mol. The highest BCUT2D eigenvalue weighted by Gasteiger charge is 2.37. The number of nitro groups is 1. The molecule has 9 rings (SSSR count). The van der Waals surface area contributed by atoms with Gasteiger partial charge < -0.3 is 14.2 Å². The van der Waals surface area contributed by atoms with Crippen molar-refractivity contribution in [3.8, 4) is 17.2 Å². The van der Waals surface area contributed by atoms with Crippen LogP contribution in [0.25, 0.3) is 0 Å². The van der Waals surface area contributed by atoms with E-state index in [1.807, 2.05) is 55.5 Å². The summed E-state index contributed by atoms with van der Waals surface area (Å²) in [6.07, 6.45) is 4.96. The number of non-ortho nitro benzene ring substituents is 1. The first-order valence-corrected chi connectivity index (χ1v) is 17.6. The highest BCUT2D eigenvalue weighted by Crippen LogP contribution is 2.42. The molecule has 4 heterocycles. The van der Waals surface area contributed by atoms with Gasteiger partial charge in [-0.15, -0.1) is 0 Å². The molecule has 0 fully saturated rings. The second-order valence-electron chi connectivity index (χ2n) is 13.7.